The number of nitrogens with two attached hydrogens (primary N) is 1. The molecule has 0 aliphatic heterocycles. The molecule has 1 saturated carbocycles. The third-order valence-electron chi connectivity index (χ3n) is 3.58. The Balaban J connectivity index is 2.05. The minimum Gasteiger partial charge on any atom is -0.358 e. The largest absolute Gasteiger partial charge is 0.358 e. The lowest BCUT2D eigenvalue weighted by Crippen LogP contribution is -2.13. The van der Waals surface area contributed by atoms with Crippen LogP contribution in [0.4, 0.5) is 0 Å². The third kappa shape index (κ3) is 1.37. The summed E-state index contributed by atoms with van der Waals surface area (Å²) in [5, 5.41) is 1.32. The quantitative estimate of drug-likeness (QED) is 0.785. The second-order valence-corrected chi connectivity index (χ2v) is 4.59. The number of aromatic amines is 1. The molecule has 78 valence electrons. The zero-order valence-corrected chi connectivity index (χ0v) is 8.79. The van der Waals surface area contributed by atoms with Crippen LogP contribution in [-0.4, -0.2) is 11.5 Å². The summed E-state index contributed by atoms with van der Waals surface area (Å²) < 4.78 is 0. The van der Waals surface area contributed by atoms with Crippen molar-refractivity contribution in [1.29, 1.82) is 0 Å². The molecule has 2 heteroatoms. The summed E-state index contributed by atoms with van der Waals surface area (Å²) in [6.07, 6.45) is 3.69. The van der Waals surface area contributed by atoms with Gasteiger partial charge in [0, 0.05) is 16.6 Å². The first kappa shape index (κ1) is 8.98. The minimum absolute atomic E-state index is 0.383. The predicted octanol–water partition coefficient (Wildman–Crippen LogP) is 2.55. The Labute approximate surface area is 89.5 Å². The van der Waals surface area contributed by atoms with Crippen LogP contribution in [-0.2, 0) is 5.41 Å². The molecule has 0 saturated heterocycles. The van der Waals surface area contributed by atoms with Gasteiger partial charge in [-0.3, -0.25) is 0 Å². The third-order valence-corrected chi connectivity index (χ3v) is 3.58. The van der Waals surface area contributed by atoms with Crippen molar-refractivity contribution < 1.29 is 0 Å². The van der Waals surface area contributed by atoms with E-state index in [1.54, 1.807) is 0 Å². The van der Waals surface area contributed by atoms with Crippen LogP contribution in [0.3, 0.4) is 0 Å². The normalized spacial score (nSPS) is 18.2. The van der Waals surface area contributed by atoms with Crippen molar-refractivity contribution in [2.24, 2.45) is 5.73 Å². The summed E-state index contributed by atoms with van der Waals surface area (Å²) in [7, 11) is 0. The van der Waals surface area contributed by atoms with E-state index in [0.717, 1.165) is 13.0 Å². The zero-order chi connectivity index (χ0) is 10.3. The fraction of sp³-hybridized carbons (Fsp3) is 0.385. The zero-order valence-electron chi connectivity index (χ0n) is 8.79. The average Bonchev–Trinajstić information content (AvgIpc) is 2.91. The standard InChI is InChI=1S/C13H16N2/c14-8-7-13(5-6-13)12-9-10-3-1-2-4-11(10)15-12/h1-4,9,15H,5-8,14H2. The van der Waals surface area contributed by atoms with Gasteiger partial charge in [0.15, 0.2) is 0 Å². The van der Waals surface area contributed by atoms with Crippen molar-refractivity contribution in [2.45, 2.75) is 24.7 Å². The molecule has 2 nitrogen and oxygen atoms in total. The van der Waals surface area contributed by atoms with E-state index in [-0.39, 0.29) is 0 Å². The van der Waals surface area contributed by atoms with Gasteiger partial charge in [0.1, 0.15) is 0 Å². The fourth-order valence-electron chi connectivity index (χ4n) is 2.44. The van der Waals surface area contributed by atoms with E-state index in [1.165, 1.54) is 29.4 Å². The highest BCUT2D eigenvalue weighted by atomic mass is 14.8. The van der Waals surface area contributed by atoms with E-state index in [1.807, 2.05) is 0 Å². The summed E-state index contributed by atoms with van der Waals surface area (Å²) in [6, 6.07) is 10.7. The van der Waals surface area contributed by atoms with Crippen LogP contribution < -0.4 is 5.73 Å². The van der Waals surface area contributed by atoms with E-state index in [2.05, 4.69) is 35.3 Å². The van der Waals surface area contributed by atoms with Gasteiger partial charge >= 0.3 is 0 Å². The number of nitrogens with one attached hydrogen (secondary N) is 1. The van der Waals surface area contributed by atoms with E-state index < -0.39 is 0 Å². The molecule has 1 aromatic heterocycles. The average molecular weight is 200 g/mol. The number of aromatic nitrogens is 1. The van der Waals surface area contributed by atoms with Gasteiger partial charge < -0.3 is 10.7 Å². The molecule has 1 aliphatic carbocycles. The monoisotopic (exact) mass is 200 g/mol. The molecule has 1 heterocycles. The van der Waals surface area contributed by atoms with Crippen LogP contribution in [0, 0.1) is 0 Å². The number of rotatable bonds is 3. The van der Waals surface area contributed by atoms with Crippen molar-refractivity contribution in [2.75, 3.05) is 6.54 Å². The summed E-state index contributed by atoms with van der Waals surface area (Å²) in [5.41, 5.74) is 8.68. The molecular formula is C13H16N2. The first-order valence-electron chi connectivity index (χ1n) is 5.62. The second-order valence-electron chi connectivity index (χ2n) is 4.59. The molecular weight excluding hydrogens is 184 g/mol. The highest BCUT2D eigenvalue weighted by molar-refractivity contribution is 5.80. The Morgan fingerprint density at radius 3 is 2.73 bits per heavy atom. The Morgan fingerprint density at radius 2 is 2.07 bits per heavy atom. The SMILES string of the molecule is NCCC1(c2cc3ccccc3[nH]2)CC1. The lowest BCUT2D eigenvalue weighted by atomic mass is 9.98. The topological polar surface area (TPSA) is 41.8 Å². The smallest absolute Gasteiger partial charge is 0.0456 e. The molecule has 0 bridgehead atoms. The van der Waals surface area contributed by atoms with Gasteiger partial charge in [-0.05, 0) is 43.3 Å². The molecule has 0 unspecified atom stereocenters. The molecule has 0 radical (unpaired) electrons. The summed E-state index contributed by atoms with van der Waals surface area (Å²) in [6.45, 7) is 0.787. The van der Waals surface area contributed by atoms with Crippen molar-refractivity contribution >= 4 is 10.9 Å². The van der Waals surface area contributed by atoms with Crippen LogP contribution in [0.2, 0.25) is 0 Å². The summed E-state index contributed by atoms with van der Waals surface area (Å²) in [4.78, 5) is 3.53. The first-order valence-corrected chi connectivity index (χ1v) is 5.62. The van der Waals surface area contributed by atoms with Crippen LogP contribution in [0.15, 0.2) is 30.3 Å². The Kier molecular flexibility index (Phi) is 1.86. The lowest BCUT2D eigenvalue weighted by molar-refractivity contribution is 0.615. The van der Waals surface area contributed by atoms with Gasteiger partial charge in [0.25, 0.3) is 0 Å². The Bertz CT molecular complexity index is 447. The van der Waals surface area contributed by atoms with Crippen LogP contribution in [0.25, 0.3) is 10.9 Å². The van der Waals surface area contributed by atoms with Crippen molar-refractivity contribution in [1.82, 2.24) is 4.98 Å². The van der Waals surface area contributed by atoms with E-state index in [9.17, 15) is 0 Å². The first-order chi connectivity index (χ1) is 7.34. The van der Waals surface area contributed by atoms with E-state index >= 15 is 0 Å². The molecule has 3 N–H and O–H groups in total. The summed E-state index contributed by atoms with van der Waals surface area (Å²) >= 11 is 0. The number of H-pyrrole nitrogens is 1. The number of fused-ring (bicyclic) bond motifs is 1. The van der Waals surface area contributed by atoms with Gasteiger partial charge in [0.05, 0.1) is 0 Å². The van der Waals surface area contributed by atoms with Gasteiger partial charge in [-0.15, -0.1) is 0 Å². The van der Waals surface area contributed by atoms with Gasteiger partial charge in [-0.2, -0.15) is 0 Å². The molecule has 0 spiro atoms. The fourth-order valence-corrected chi connectivity index (χ4v) is 2.44. The number of benzene rings is 1. The van der Waals surface area contributed by atoms with Crippen molar-refractivity contribution in [3.8, 4) is 0 Å². The minimum atomic E-state index is 0.383. The number of hydrogen-bond acceptors (Lipinski definition) is 1. The van der Waals surface area contributed by atoms with Crippen LogP contribution in [0.1, 0.15) is 25.0 Å². The molecule has 0 atom stereocenters. The molecule has 1 aliphatic rings. The highest BCUT2D eigenvalue weighted by Gasteiger charge is 2.44. The second kappa shape index (κ2) is 3.11. The highest BCUT2D eigenvalue weighted by Crippen LogP contribution is 2.50. The number of hydrogen-bond donors (Lipinski definition) is 2. The summed E-state index contributed by atoms with van der Waals surface area (Å²) in [5.74, 6) is 0. The Hall–Kier alpha value is -1.28. The molecule has 1 fully saturated rings. The van der Waals surface area contributed by atoms with Crippen molar-refractivity contribution in [3.63, 3.8) is 0 Å². The van der Waals surface area contributed by atoms with Crippen LogP contribution in [0.5, 0.6) is 0 Å². The maximum absolute atomic E-state index is 5.67. The van der Waals surface area contributed by atoms with Gasteiger partial charge in [-0.25, -0.2) is 0 Å². The molecule has 1 aromatic carbocycles. The van der Waals surface area contributed by atoms with Gasteiger partial charge in [0.2, 0.25) is 0 Å². The van der Waals surface area contributed by atoms with Crippen molar-refractivity contribution in [3.05, 3.63) is 36.0 Å². The molecule has 0 amide bonds. The van der Waals surface area contributed by atoms with E-state index in [0.29, 0.717) is 5.41 Å². The number of para-hydroxylation sites is 1. The predicted molar refractivity (Wildman–Crippen MR) is 62.9 cm³/mol. The maximum Gasteiger partial charge on any atom is 0.0456 e. The molecule has 15 heavy (non-hydrogen) atoms. The molecule has 3 rings (SSSR count). The maximum atomic E-state index is 5.67. The van der Waals surface area contributed by atoms with Gasteiger partial charge in [-0.1, -0.05) is 18.2 Å². The van der Waals surface area contributed by atoms with E-state index in [4.69, 9.17) is 5.73 Å². The molecule has 2 aromatic rings. The lowest BCUT2D eigenvalue weighted by Gasteiger charge is -2.10. The van der Waals surface area contributed by atoms with Crippen LogP contribution >= 0.6 is 0 Å². The Morgan fingerprint density at radius 1 is 1.27 bits per heavy atom.